The number of fused-ring (bicyclic) bond motifs is 9. The average Bonchev–Trinajstić information content (AvgIpc) is 3.54. The Hall–Kier alpha value is -2.59. The second-order valence-electron chi connectivity index (χ2n) is 9.56. The van der Waals surface area contributed by atoms with Gasteiger partial charge in [-0.1, -0.05) is 23.5 Å². The van der Waals surface area contributed by atoms with Gasteiger partial charge in [0.25, 0.3) is 0 Å². The van der Waals surface area contributed by atoms with Crippen LogP contribution in [0.3, 0.4) is 0 Å². The topological polar surface area (TPSA) is 117 Å². The number of nitrogens with one attached hydrogen (secondary N) is 1. The zero-order chi connectivity index (χ0) is 23.7. The number of benzene rings is 1. The van der Waals surface area contributed by atoms with Crippen LogP contribution in [0.2, 0.25) is 0 Å². The largest absolute Gasteiger partial charge is 0.497 e. The number of H-pyrrole nitrogens is 1. The maximum atomic E-state index is 13.4. The number of methoxy groups -OCH3 is 1. The fourth-order valence-electron chi connectivity index (χ4n) is 6.87. The maximum absolute atomic E-state index is 13.4. The second kappa shape index (κ2) is 7.98. The van der Waals surface area contributed by atoms with Gasteiger partial charge in [-0.25, -0.2) is 0 Å². The minimum Gasteiger partial charge on any atom is -0.497 e. The summed E-state index contributed by atoms with van der Waals surface area (Å²) in [5, 5.41) is 9.98. The van der Waals surface area contributed by atoms with Crippen molar-refractivity contribution in [3.8, 4) is 5.75 Å². The number of nitrogens with zero attached hydrogens (tertiary/aromatic N) is 1. The molecule has 0 radical (unpaired) electrons. The number of aliphatic carboxylic acids is 1. The number of carbonyl (C=O) groups excluding carboxylic acids is 2. The summed E-state index contributed by atoms with van der Waals surface area (Å²) in [7, 11) is 1.62. The predicted molar refractivity (Wildman–Crippen MR) is 125 cm³/mol. The minimum atomic E-state index is -0.927. The molecule has 6 rings (SSSR count). The summed E-state index contributed by atoms with van der Waals surface area (Å²) in [6.07, 6.45) is 1.05. The highest BCUT2D eigenvalue weighted by Crippen LogP contribution is 2.68. The van der Waals surface area contributed by atoms with E-state index in [9.17, 15) is 19.2 Å². The van der Waals surface area contributed by atoms with Crippen LogP contribution in [0.5, 0.6) is 5.75 Å². The number of rotatable bonds is 6. The van der Waals surface area contributed by atoms with E-state index in [4.69, 9.17) is 9.84 Å². The molecule has 34 heavy (non-hydrogen) atoms. The molecule has 8 nitrogen and oxygen atoms in total. The number of amides is 2. The van der Waals surface area contributed by atoms with Crippen LogP contribution in [0.1, 0.15) is 35.6 Å². The molecule has 2 aliphatic heterocycles. The molecule has 2 saturated carbocycles. The first-order valence-electron chi connectivity index (χ1n) is 11.5. The zero-order valence-electron chi connectivity index (χ0n) is 18.4. The summed E-state index contributed by atoms with van der Waals surface area (Å²) in [6.45, 7) is 0.168. The van der Waals surface area contributed by atoms with Gasteiger partial charge >= 0.3 is 10.8 Å². The van der Waals surface area contributed by atoms with E-state index in [0.29, 0.717) is 0 Å². The second-order valence-corrected chi connectivity index (χ2v) is 11.8. The Morgan fingerprint density at radius 3 is 2.53 bits per heavy atom. The Balaban J connectivity index is 1.36. The number of aromatic amines is 1. The Labute approximate surface area is 203 Å². The lowest BCUT2D eigenvalue weighted by Gasteiger charge is -2.43. The highest BCUT2D eigenvalue weighted by Gasteiger charge is 2.69. The fourth-order valence-corrected chi connectivity index (χ4v) is 9.76. The number of carboxylic acids is 1. The molecular weight excluding hydrogens is 476 g/mol. The van der Waals surface area contributed by atoms with Crippen LogP contribution in [-0.4, -0.2) is 51.7 Å². The van der Waals surface area contributed by atoms with Crippen molar-refractivity contribution >= 4 is 40.9 Å². The first kappa shape index (κ1) is 21.9. The number of aromatic nitrogens is 1. The third-order valence-electron chi connectivity index (χ3n) is 8.06. The molecule has 1 saturated heterocycles. The number of likely N-dealkylation sites (tertiary alicyclic amines) is 1. The van der Waals surface area contributed by atoms with Crippen molar-refractivity contribution in [1.29, 1.82) is 0 Å². The molecule has 0 unspecified atom stereocenters. The first-order chi connectivity index (χ1) is 16.4. The molecule has 3 heterocycles. The van der Waals surface area contributed by atoms with Crippen molar-refractivity contribution in [3.05, 3.63) is 44.4 Å². The van der Waals surface area contributed by atoms with Crippen LogP contribution in [0, 0.1) is 29.6 Å². The molecular formula is C24H24N2O6S2. The lowest BCUT2D eigenvalue weighted by Crippen LogP contribution is -2.42. The van der Waals surface area contributed by atoms with Gasteiger partial charge in [-0.05, 0) is 48.3 Å². The molecule has 2 bridgehead atoms. The average molecular weight is 501 g/mol. The van der Waals surface area contributed by atoms with E-state index in [2.05, 4.69) is 4.98 Å². The van der Waals surface area contributed by atoms with Gasteiger partial charge in [0.1, 0.15) is 5.75 Å². The number of ether oxygens (including phenoxy) is 1. The Morgan fingerprint density at radius 1 is 1.15 bits per heavy atom. The third kappa shape index (κ3) is 3.11. The van der Waals surface area contributed by atoms with Crippen LogP contribution in [0.4, 0.5) is 0 Å². The quantitative estimate of drug-likeness (QED) is 0.586. The van der Waals surface area contributed by atoms with Gasteiger partial charge in [0.15, 0.2) is 0 Å². The van der Waals surface area contributed by atoms with Crippen molar-refractivity contribution in [2.45, 2.75) is 35.5 Å². The number of hydrogen-bond acceptors (Lipinski definition) is 7. The Kier molecular flexibility index (Phi) is 5.14. The minimum absolute atomic E-state index is 0.0176. The molecule has 2 aromatic rings. The van der Waals surface area contributed by atoms with Gasteiger partial charge in [0.05, 0.1) is 24.0 Å². The summed E-state index contributed by atoms with van der Waals surface area (Å²) in [6, 6.07) is 7.92. The molecule has 1 aromatic carbocycles. The van der Waals surface area contributed by atoms with Crippen molar-refractivity contribution in [1.82, 2.24) is 9.88 Å². The molecule has 2 amide bonds. The van der Waals surface area contributed by atoms with Crippen LogP contribution < -0.4 is 9.61 Å². The van der Waals surface area contributed by atoms with Crippen LogP contribution in [-0.2, 0) is 14.4 Å². The molecule has 2 aliphatic carbocycles. The fraction of sp³-hybridized carbons (Fsp3) is 0.500. The predicted octanol–water partition coefficient (Wildman–Crippen LogP) is 2.78. The van der Waals surface area contributed by atoms with Gasteiger partial charge in [0, 0.05) is 29.0 Å². The summed E-state index contributed by atoms with van der Waals surface area (Å²) in [4.78, 5) is 55.1. The molecule has 178 valence electrons. The van der Waals surface area contributed by atoms with E-state index < -0.39 is 5.97 Å². The van der Waals surface area contributed by atoms with Crippen molar-refractivity contribution in [2.24, 2.45) is 29.6 Å². The summed E-state index contributed by atoms with van der Waals surface area (Å²) in [5.74, 6) is -0.861. The van der Waals surface area contributed by atoms with E-state index in [-0.39, 0.29) is 76.8 Å². The number of carboxylic acid groups (broad SMARTS) is 1. The molecule has 3 fully saturated rings. The summed E-state index contributed by atoms with van der Waals surface area (Å²) in [5.41, 5.74) is 1.09. The van der Waals surface area contributed by atoms with Gasteiger partial charge in [-0.3, -0.25) is 24.1 Å². The van der Waals surface area contributed by atoms with E-state index in [1.165, 1.54) is 16.2 Å². The lowest BCUT2D eigenvalue weighted by atomic mass is 9.68. The highest BCUT2D eigenvalue weighted by atomic mass is 32.2. The van der Waals surface area contributed by atoms with Crippen LogP contribution in [0.25, 0.3) is 0 Å². The highest BCUT2D eigenvalue weighted by molar-refractivity contribution is 8.00. The monoisotopic (exact) mass is 500 g/mol. The lowest BCUT2D eigenvalue weighted by molar-refractivity contribution is -0.142. The van der Waals surface area contributed by atoms with Gasteiger partial charge < -0.3 is 14.8 Å². The molecule has 4 aliphatic rings. The Bertz CT molecular complexity index is 1240. The number of hydrogen-bond donors (Lipinski definition) is 2. The first-order valence-corrected chi connectivity index (χ1v) is 13.2. The SMILES string of the molecule is COc1ccc([C@@H]2c3sc(=O)[nH]c3S[C@@H]3[C@H]4C[C@@H]([C@@H]5C(=O)N(CCCC(=O)O)C(=O)[C@@H]45)[C@@H]23)cc1. The van der Waals surface area contributed by atoms with Crippen molar-refractivity contribution in [2.75, 3.05) is 13.7 Å². The zero-order valence-corrected chi connectivity index (χ0v) is 20.1. The van der Waals surface area contributed by atoms with Crippen LogP contribution >= 0.6 is 23.1 Å². The standard InChI is InChI=1S/C24H24N2O6S2/c1-32-11-6-4-10(5-7-11)15-16-12-9-13(19(16)33-21-20(15)34-24(31)25-21)18-17(12)22(29)26(23(18)30)8-2-3-14(27)28/h4-7,12-13,15-19H,2-3,8-9H2,1H3,(H,25,31)(H,27,28)/t12-,13+,15+,16+,17+,18+,19-/m1/s1. The van der Waals surface area contributed by atoms with E-state index in [1.807, 2.05) is 24.3 Å². The molecule has 10 heteroatoms. The van der Waals surface area contributed by atoms with Crippen molar-refractivity contribution < 1.29 is 24.2 Å². The molecule has 0 spiro atoms. The third-order valence-corrected chi connectivity index (χ3v) is 10.7. The Morgan fingerprint density at radius 2 is 1.85 bits per heavy atom. The van der Waals surface area contributed by atoms with E-state index in [1.54, 1.807) is 18.9 Å². The number of thioether (sulfide) groups is 1. The summed E-state index contributed by atoms with van der Waals surface area (Å²) >= 11 is 2.90. The van der Waals surface area contributed by atoms with Gasteiger partial charge in [0.2, 0.25) is 11.8 Å². The summed E-state index contributed by atoms with van der Waals surface area (Å²) < 4.78 is 5.33. The van der Waals surface area contributed by atoms with E-state index >= 15 is 0 Å². The van der Waals surface area contributed by atoms with Gasteiger partial charge in [-0.2, -0.15) is 0 Å². The molecule has 7 atom stereocenters. The number of imide groups is 1. The molecule has 1 aromatic heterocycles. The molecule has 2 N–H and O–H groups in total. The van der Waals surface area contributed by atoms with Crippen LogP contribution in [0.15, 0.2) is 34.1 Å². The van der Waals surface area contributed by atoms with Crippen molar-refractivity contribution in [3.63, 3.8) is 0 Å². The van der Waals surface area contributed by atoms with Gasteiger partial charge in [-0.15, -0.1) is 11.8 Å². The normalized spacial score (nSPS) is 33.1. The smallest absolute Gasteiger partial charge is 0.305 e. The number of carbonyl (C=O) groups is 3. The maximum Gasteiger partial charge on any atom is 0.305 e. The van der Waals surface area contributed by atoms with E-state index in [0.717, 1.165) is 27.6 Å². The number of thiazole rings is 1.